The van der Waals surface area contributed by atoms with Gasteiger partial charge in [-0.1, -0.05) is 40.7 Å². The van der Waals surface area contributed by atoms with Gasteiger partial charge in [-0.15, -0.1) is 6.58 Å². The van der Waals surface area contributed by atoms with Gasteiger partial charge in [0.1, 0.15) is 5.78 Å². The predicted molar refractivity (Wildman–Crippen MR) is 140 cm³/mol. The van der Waals surface area contributed by atoms with E-state index < -0.39 is 32.9 Å². The summed E-state index contributed by atoms with van der Waals surface area (Å²) in [5, 5.41) is 0.155. The number of rotatable bonds is 7. The topological polar surface area (TPSA) is 52.6 Å². The standard InChI is InChI=1S/C27H48O4Si2/c1-12-14-27(20(3)28)23(29)26-16-15-25(27,7)21(13-17-30-33(10,11)24(4,5)6)22(26)32(8,9)31-18-19(26)2/h12,19,21-22H,1,13-18H2,2-11H3/t19-,21-,22-,25+,26+,27+/m1/s1. The minimum atomic E-state index is -2.16. The molecule has 0 amide bonds. The van der Waals surface area contributed by atoms with Gasteiger partial charge in [-0.05, 0) is 86.6 Å². The summed E-state index contributed by atoms with van der Waals surface area (Å²) in [6, 6.07) is 0. The van der Waals surface area contributed by atoms with E-state index in [2.05, 4.69) is 67.4 Å². The van der Waals surface area contributed by atoms with Crippen LogP contribution in [0.25, 0.3) is 0 Å². The van der Waals surface area contributed by atoms with E-state index in [1.165, 1.54) is 0 Å². The molecule has 2 bridgehead atoms. The lowest BCUT2D eigenvalue weighted by Gasteiger charge is -2.72. The van der Waals surface area contributed by atoms with Crippen molar-refractivity contribution < 1.29 is 18.4 Å². The molecule has 0 radical (unpaired) electrons. The molecule has 0 aromatic rings. The molecule has 4 fully saturated rings. The Morgan fingerprint density at radius 2 is 1.91 bits per heavy atom. The number of hydrogen-bond donors (Lipinski definition) is 0. The molecule has 0 aromatic heterocycles. The number of allylic oxidation sites excluding steroid dienone is 1. The lowest BCUT2D eigenvalue weighted by molar-refractivity contribution is -0.201. The van der Waals surface area contributed by atoms with Crippen LogP contribution in [0.2, 0.25) is 36.8 Å². The molecule has 188 valence electrons. The molecule has 6 heteroatoms. The van der Waals surface area contributed by atoms with Gasteiger partial charge in [-0.3, -0.25) is 9.59 Å². The zero-order chi connectivity index (χ0) is 25.3. The molecule has 6 atom stereocenters. The summed E-state index contributed by atoms with van der Waals surface area (Å²) in [4.78, 5) is 28.0. The molecule has 4 rings (SSSR count). The molecule has 33 heavy (non-hydrogen) atoms. The average Bonchev–Trinajstić information content (AvgIpc) is 2.68. The molecule has 3 aliphatic carbocycles. The molecule has 3 saturated carbocycles. The van der Waals surface area contributed by atoms with Gasteiger partial charge < -0.3 is 8.85 Å². The Labute approximate surface area is 204 Å². The van der Waals surface area contributed by atoms with E-state index in [0.29, 0.717) is 19.6 Å². The first-order valence-electron chi connectivity index (χ1n) is 12.9. The monoisotopic (exact) mass is 492 g/mol. The third kappa shape index (κ3) is 3.56. The molecule has 0 N–H and O–H groups in total. The summed E-state index contributed by atoms with van der Waals surface area (Å²) in [6.45, 7) is 27.4. The van der Waals surface area contributed by atoms with Gasteiger partial charge >= 0.3 is 0 Å². The van der Waals surface area contributed by atoms with E-state index in [1.807, 2.05) is 6.08 Å². The van der Waals surface area contributed by atoms with Gasteiger partial charge in [0.25, 0.3) is 0 Å². The third-order valence-corrected chi connectivity index (χ3v) is 18.6. The van der Waals surface area contributed by atoms with Gasteiger partial charge in [-0.25, -0.2) is 0 Å². The summed E-state index contributed by atoms with van der Waals surface area (Å²) >= 11 is 0. The highest BCUT2D eigenvalue weighted by Gasteiger charge is 2.78. The zero-order valence-electron chi connectivity index (χ0n) is 22.9. The Kier molecular flexibility index (Phi) is 6.75. The minimum Gasteiger partial charge on any atom is -0.417 e. The molecule has 1 heterocycles. The molecule has 4 nitrogen and oxygen atoms in total. The quantitative estimate of drug-likeness (QED) is 0.223. The number of Topliss-reactive ketones (excluding diaryl/α,β-unsaturated/α-hetero) is 2. The van der Waals surface area contributed by atoms with Crippen molar-refractivity contribution in [3.8, 4) is 0 Å². The molecule has 0 aromatic carbocycles. The van der Waals surface area contributed by atoms with Crippen molar-refractivity contribution in [3.63, 3.8) is 0 Å². The van der Waals surface area contributed by atoms with Crippen LogP contribution in [0.15, 0.2) is 12.7 Å². The number of carbonyl (C=O) groups is 2. The first-order chi connectivity index (χ1) is 15.0. The number of ketones is 2. The number of hydrogen-bond acceptors (Lipinski definition) is 4. The lowest BCUT2D eigenvalue weighted by atomic mass is 9.35. The number of carbonyl (C=O) groups excluding carboxylic acids is 2. The first kappa shape index (κ1) is 27.0. The lowest BCUT2D eigenvalue weighted by Crippen LogP contribution is -2.76. The van der Waals surface area contributed by atoms with E-state index in [1.54, 1.807) is 6.92 Å². The van der Waals surface area contributed by atoms with Crippen LogP contribution < -0.4 is 0 Å². The molecular weight excluding hydrogens is 444 g/mol. The molecule has 1 spiro atoms. The van der Waals surface area contributed by atoms with E-state index >= 15 is 0 Å². The largest absolute Gasteiger partial charge is 0.417 e. The maximum absolute atomic E-state index is 14.6. The van der Waals surface area contributed by atoms with Crippen molar-refractivity contribution in [1.29, 1.82) is 0 Å². The minimum absolute atomic E-state index is 0.0286. The Bertz CT molecular complexity index is 828. The molecule has 0 unspecified atom stereocenters. The summed E-state index contributed by atoms with van der Waals surface area (Å²) < 4.78 is 13.2. The van der Waals surface area contributed by atoms with E-state index in [4.69, 9.17) is 8.85 Å². The molecule has 1 saturated heterocycles. The van der Waals surface area contributed by atoms with Gasteiger partial charge in [0, 0.05) is 18.6 Å². The number of fused-ring (bicyclic) bond motifs is 2. The molecular formula is C27H48O4Si2. The smallest absolute Gasteiger partial charge is 0.191 e. The van der Waals surface area contributed by atoms with E-state index in [9.17, 15) is 9.59 Å². The normalized spacial score (nSPS) is 40.4. The van der Waals surface area contributed by atoms with Gasteiger partial charge in [0.2, 0.25) is 0 Å². The van der Waals surface area contributed by atoms with Crippen molar-refractivity contribution >= 4 is 28.2 Å². The van der Waals surface area contributed by atoms with Crippen LogP contribution in [0.4, 0.5) is 0 Å². The van der Waals surface area contributed by atoms with Crippen LogP contribution >= 0.6 is 0 Å². The first-order valence-corrected chi connectivity index (χ1v) is 18.8. The highest BCUT2D eigenvalue weighted by molar-refractivity contribution is 6.74. The third-order valence-electron chi connectivity index (χ3n) is 10.7. The SMILES string of the molecule is C=CC[C@]1(C(C)=O)C(=O)[C@]23CC[C@@]1(C)[C@H](CCO[Si](C)(C)C(C)(C)C)[C@H]2[Si](C)(C)OC[C@H]3C. The van der Waals surface area contributed by atoms with Crippen molar-refractivity contribution in [3.05, 3.63) is 12.7 Å². The molecule has 4 aliphatic rings. The van der Waals surface area contributed by atoms with Crippen LogP contribution in [0.1, 0.15) is 67.2 Å². The fourth-order valence-corrected chi connectivity index (χ4v) is 13.1. The fourth-order valence-electron chi connectivity index (χ4n) is 7.83. The van der Waals surface area contributed by atoms with Crippen molar-refractivity contribution in [2.24, 2.45) is 28.1 Å². The maximum Gasteiger partial charge on any atom is 0.191 e. The Hall–Kier alpha value is -0.566. The Balaban J connectivity index is 2.13. The molecule has 1 aliphatic heterocycles. The van der Waals surface area contributed by atoms with Crippen LogP contribution in [0, 0.1) is 28.1 Å². The van der Waals surface area contributed by atoms with Crippen LogP contribution in [0.3, 0.4) is 0 Å². The Morgan fingerprint density at radius 3 is 2.42 bits per heavy atom. The average molecular weight is 493 g/mol. The van der Waals surface area contributed by atoms with Gasteiger partial charge in [-0.2, -0.15) is 0 Å². The predicted octanol–water partition coefficient (Wildman–Crippen LogP) is 6.78. The van der Waals surface area contributed by atoms with Gasteiger partial charge in [0.05, 0.1) is 5.41 Å². The van der Waals surface area contributed by atoms with Crippen molar-refractivity contribution in [2.45, 2.75) is 104 Å². The second-order valence-corrected chi connectivity index (χ2v) is 22.5. The van der Waals surface area contributed by atoms with Crippen LogP contribution in [-0.4, -0.2) is 41.4 Å². The summed E-state index contributed by atoms with van der Waals surface area (Å²) in [5.74, 6) is 0.606. The summed E-state index contributed by atoms with van der Waals surface area (Å²) in [7, 11) is -4.05. The Morgan fingerprint density at radius 1 is 1.30 bits per heavy atom. The maximum atomic E-state index is 14.6. The van der Waals surface area contributed by atoms with Crippen LogP contribution in [0.5, 0.6) is 0 Å². The summed E-state index contributed by atoms with van der Waals surface area (Å²) in [5.41, 5.74) is -1.60. The second-order valence-electron chi connectivity index (χ2n) is 13.5. The second kappa shape index (κ2) is 8.24. The van der Waals surface area contributed by atoms with Gasteiger partial charge in [0.15, 0.2) is 22.4 Å². The van der Waals surface area contributed by atoms with Crippen LogP contribution in [-0.2, 0) is 18.4 Å². The fraction of sp³-hybridized carbons (Fsp3) is 0.852. The van der Waals surface area contributed by atoms with E-state index in [0.717, 1.165) is 19.3 Å². The highest BCUT2D eigenvalue weighted by Crippen LogP contribution is 2.76. The van der Waals surface area contributed by atoms with E-state index in [-0.39, 0.29) is 34.0 Å². The summed E-state index contributed by atoms with van der Waals surface area (Å²) in [6.07, 6.45) is 4.96. The highest BCUT2D eigenvalue weighted by atomic mass is 28.4. The zero-order valence-corrected chi connectivity index (χ0v) is 24.9. The van der Waals surface area contributed by atoms with Crippen molar-refractivity contribution in [1.82, 2.24) is 0 Å². The van der Waals surface area contributed by atoms with Crippen molar-refractivity contribution in [2.75, 3.05) is 13.2 Å².